The Bertz CT molecular complexity index is 921. The summed E-state index contributed by atoms with van der Waals surface area (Å²) < 4.78 is 37.0. The Morgan fingerprint density at radius 1 is 0.966 bits per heavy atom. The van der Waals surface area contributed by atoms with Crippen molar-refractivity contribution in [1.82, 2.24) is 4.31 Å². The van der Waals surface area contributed by atoms with Crippen LogP contribution in [0.3, 0.4) is 0 Å². The average molecular weight is 422 g/mol. The molecule has 0 fully saturated rings. The number of amides is 1. The zero-order valence-corrected chi connectivity index (χ0v) is 17.9. The van der Waals surface area contributed by atoms with Crippen molar-refractivity contribution in [1.29, 1.82) is 0 Å². The molecule has 0 radical (unpaired) electrons. The van der Waals surface area contributed by atoms with Gasteiger partial charge in [-0.1, -0.05) is 19.9 Å². The van der Waals surface area contributed by atoms with E-state index in [0.29, 0.717) is 36.0 Å². The van der Waals surface area contributed by atoms with Crippen LogP contribution in [0.25, 0.3) is 0 Å². The van der Waals surface area contributed by atoms with E-state index in [9.17, 15) is 13.2 Å². The van der Waals surface area contributed by atoms with Crippen molar-refractivity contribution in [3.05, 3.63) is 42.5 Å². The van der Waals surface area contributed by atoms with Crippen molar-refractivity contribution in [2.24, 2.45) is 0 Å². The molecule has 0 aliphatic heterocycles. The molecule has 2 aromatic rings. The number of hydrogen-bond acceptors (Lipinski definition) is 6. The number of carbonyl (C=O) groups is 1. The number of ether oxygens (including phenoxy) is 2. The molecule has 0 atom stereocenters. The lowest BCUT2D eigenvalue weighted by Gasteiger charge is -2.19. The highest BCUT2D eigenvalue weighted by Gasteiger charge is 2.21. The maximum absolute atomic E-state index is 12.6. The predicted octanol–water partition coefficient (Wildman–Crippen LogP) is 2.78. The van der Waals surface area contributed by atoms with Crippen LogP contribution in [0.1, 0.15) is 13.8 Å². The minimum absolute atomic E-state index is 0.0334. The van der Waals surface area contributed by atoms with E-state index in [4.69, 9.17) is 9.47 Å². The average Bonchev–Trinajstić information content (AvgIpc) is 2.72. The lowest BCUT2D eigenvalue weighted by molar-refractivity contribution is -0.114. The minimum atomic E-state index is -3.56. The monoisotopic (exact) mass is 421 g/mol. The van der Waals surface area contributed by atoms with E-state index in [1.54, 1.807) is 50.2 Å². The van der Waals surface area contributed by atoms with Crippen LogP contribution in [0.4, 0.5) is 11.4 Å². The van der Waals surface area contributed by atoms with Gasteiger partial charge in [0.1, 0.15) is 11.5 Å². The fraction of sp³-hybridized carbons (Fsp3) is 0.350. The molecule has 0 aliphatic carbocycles. The summed E-state index contributed by atoms with van der Waals surface area (Å²) in [5.74, 6) is 0.821. The van der Waals surface area contributed by atoms with Crippen LogP contribution in [-0.2, 0) is 14.8 Å². The molecule has 0 saturated carbocycles. The van der Waals surface area contributed by atoms with Crippen LogP contribution < -0.4 is 20.1 Å². The number of methoxy groups -OCH3 is 2. The van der Waals surface area contributed by atoms with Gasteiger partial charge in [0, 0.05) is 42.7 Å². The number of nitrogens with one attached hydrogen (secondary N) is 2. The molecule has 0 saturated heterocycles. The van der Waals surface area contributed by atoms with Crippen molar-refractivity contribution >= 4 is 27.3 Å². The molecule has 2 aromatic carbocycles. The first kappa shape index (κ1) is 22.5. The van der Waals surface area contributed by atoms with E-state index in [-0.39, 0.29) is 17.3 Å². The number of benzene rings is 2. The second-order valence-corrected chi connectivity index (χ2v) is 8.06. The minimum Gasteiger partial charge on any atom is -0.497 e. The molecule has 2 rings (SSSR count). The maximum Gasteiger partial charge on any atom is 0.243 e. The first-order valence-electron chi connectivity index (χ1n) is 9.21. The number of anilines is 2. The van der Waals surface area contributed by atoms with Crippen LogP contribution in [0.5, 0.6) is 11.5 Å². The van der Waals surface area contributed by atoms with Crippen molar-refractivity contribution in [2.75, 3.05) is 44.5 Å². The zero-order chi connectivity index (χ0) is 21.4. The molecule has 0 unspecified atom stereocenters. The molecule has 2 N–H and O–H groups in total. The molecule has 8 nitrogen and oxygen atoms in total. The highest BCUT2D eigenvalue weighted by molar-refractivity contribution is 7.89. The number of sulfonamides is 1. The summed E-state index contributed by atoms with van der Waals surface area (Å²) in [5.41, 5.74) is 1.07. The molecule has 9 heteroatoms. The zero-order valence-electron chi connectivity index (χ0n) is 17.1. The Labute approximate surface area is 171 Å². The second-order valence-electron chi connectivity index (χ2n) is 6.12. The summed E-state index contributed by atoms with van der Waals surface area (Å²) in [6, 6.07) is 11.5. The van der Waals surface area contributed by atoms with Crippen molar-refractivity contribution in [2.45, 2.75) is 18.7 Å². The second kappa shape index (κ2) is 10.1. The van der Waals surface area contributed by atoms with Gasteiger partial charge in [0.2, 0.25) is 15.9 Å². The van der Waals surface area contributed by atoms with E-state index in [1.165, 1.54) is 24.6 Å². The molecular formula is C20H27N3O5S. The van der Waals surface area contributed by atoms with Gasteiger partial charge in [-0.2, -0.15) is 4.31 Å². The standard InChI is InChI=1S/C20H27N3O5S/c1-5-23(6-2)29(25,26)19-9-7-8-15(12-19)21-14-20(24)22-16-10-17(27-3)13-18(11-16)28-4/h7-13,21H,5-6,14H2,1-4H3,(H,22,24). The van der Waals surface area contributed by atoms with Gasteiger partial charge in [0.15, 0.2) is 0 Å². The highest BCUT2D eigenvalue weighted by atomic mass is 32.2. The molecular weight excluding hydrogens is 394 g/mol. The van der Waals surface area contributed by atoms with Crippen LogP contribution in [0.15, 0.2) is 47.4 Å². The summed E-state index contributed by atoms with van der Waals surface area (Å²) in [6.07, 6.45) is 0. The van der Waals surface area contributed by atoms with Gasteiger partial charge < -0.3 is 20.1 Å². The maximum atomic E-state index is 12.6. The van der Waals surface area contributed by atoms with E-state index in [2.05, 4.69) is 10.6 Å². The molecule has 0 spiro atoms. The first-order valence-corrected chi connectivity index (χ1v) is 10.6. The Hall–Kier alpha value is -2.78. The van der Waals surface area contributed by atoms with Gasteiger partial charge in [-0.05, 0) is 18.2 Å². The van der Waals surface area contributed by atoms with Crippen LogP contribution in [0, 0.1) is 0 Å². The SMILES string of the molecule is CCN(CC)S(=O)(=O)c1cccc(NCC(=O)Nc2cc(OC)cc(OC)c2)c1. The number of carbonyl (C=O) groups excluding carboxylic acids is 1. The molecule has 0 aromatic heterocycles. The van der Waals surface area contributed by atoms with Crippen LogP contribution >= 0.6 is 0 Å². The number of hydrogen-bond donors (Lipinski definition) is 2. The van der Waals surface area contributed by atoms with Crippen molar-refractivity contribution in [3.63, 3.8) is 0 Å². The summed E-state index contributed by atoms with van der Waals surface area (Å²) >= 11 is 0. The Morgan fingerprint density at radius 3 is 2.14 bits per heavy atom. The van der Waals surface area contributed by atoms with E-state index in [0.717, 1.165) is 0 Å². The molecule has 158 valence electrons. The Balaban J connectivity index is 2.06. The van der Waals surface area contributed by atoms with Crippen LogP contribution in [0.2, 0.25) is 0 Å². The Morgan fingerprint density at radius 2 is 1.59 bits per heavy atom. The third-order valence-electron chi connectivity index (χ3n) is 4.27. The van der Waals surface area contributed by atoms with E-state index in [1.807, 2.05) is 0 Å². The summed E-state index contributed by atoms with van der Waals surface area (Å²) in [5, 5.41) is 5.71. The first-order chi connectivity index (χ1) is 13.8. The summed E-state index contributed by atoms with van der Waals surface area (Å²) in [6.45, 7) is 4.34. The normalized spacial score (nSPS) is 11.2. The molecule has 1 amide bonds. The fourth-order valence-electron chi connectivity index (χ4n) is 2.75. The predicted molar refractivity (Wildman–Crippen MR) is 113 cm³/mol. The van der Waals surface area contributed by atoms with Gasteiger partial charge in [-0.3, -0.25) is 4.79 Å². The summed E-state index contributed by atoms with van der Waals surface area (Å²) in [7, 11) is -0.503. The van der Waals surface area contributed by atoms with E-state index < -0.39 is 10.0 Å². The van der Waals surface area contributed by atoms with Crippen molar-refractivity contribution < 1.29 is 22.7 Å². The van der Waals surface area contributed by atoms with E-state index >= 15 is 0 Å². The lowest BCUT2D eigenvalue weighted by atomic mass is 10.2. The van der Waals surface area contributed by atoms with Gasteiger partial charge >= 0.3 is 0 Å². The van der Waals surface area contributed by atoms with Crippen molar-refractivity contribution in [3.8, 4) is 11.5 Å². The molecule has 0 heterocycles. The smallest absolute Gasteiger partial charge is 0.243 e. The molecule has 0 aliphatic rings. The largest absolute Gasteiger partial charge is 0.497 e. The molecule has 0 bridgehead atoms. The number of nitrogens with zero attached hydrogens (tertiary/aromatic N) is 1. The van der Waals surface area contributed by atoms with Gasteiger partial charge in [-0.15, -0.1) is 0 Å². The van der Waals surface area contributed by atoms with Gasteiger partial charge in [0.05, 0.1) is 25.7 Å². The molecule has 29 heavy (non-hydrogen) atoms. The van der Waals surface area contributed by atoms with Gasteiger partial charge in [-0.25, -0.2) is 8.42 Å². The third kappa shape index (κ3) is 5.85. The Kier molecular flexibility index (Phi) is 7.86. The topological polar surface area (TPSA) is 97.0 Å². The van der Waals surface area contributed by atoms with Crippen LogP contribution in [-0.4, -0.2) is 52.5 Å². The lowest BCUT2D eigenvalue weighted by Crippen LogP contribution is -2.30. The highest BCUT2D eigenvalue weighted by Crippen LogP contribution is 2.25. The number of rotatable bonds is 10. The van der Waals surface area contributed by atoms with Gasteiger partial charge in [0.25, 0.3) is 0 Å². The fourth-order valence-corrected chi connectivity index (χ4v) is 4.25. The quantitative estimate of drug-likeness (QED) is 0.612. The summed E-state index contributed by atoms with van der Waals surface area (Å²) in [4.78, 5) is 12.5. The third-order valence-corrected chi connectivity index (χ3v) is 6.31.